The van der Waals surface area contributed by atoms with Gasteiger partial charge >= 0.3 is 0 Å². The van der Waals surface area contributed by atoms with E-state index in [2.05, 4.69) is 30.9 Å². The number of hydrogen-bond donors (Lipinski definition) is 2. The molecule has 2 N–H and O–H groups in total. The number of nitrogens with one attached hydrogen (secondary N) is 2. The largest absolute Gasteiger partial charge is 0.295 e. The van der Waals surface area contributed by atoms with Crippen molar-refractivity contribution in [3.63, 3.8) is 0 Å². The minimum atomic E-state index is -0.352. The fraction of sp³-hybridized carbons (Fsp3) is 0.167. The van der Waals surface area contributed by atoms with Gasteiger partial charge in [-0.2, -0.15) is 15.4 Å². The van der Waals surface area contributed by atoms with Crippen LogP contribution in [0, 0.1) is 6.92 Å². The number of anilines is 1. The number of rotatable bonds is 2. The second-order valence-electron chi connectivity index (χ2n) is 2.44. The number of hydrogen-bond acceptors (Lipinski definition) is 6. The molecule has 0 bridgehead atoms. The quantitative estimate of drug-likeness (QED) is 0.738. The molecule has 0 radical (unpaired) electrons. The summed E-state index contributed by atoms with van der Waals surface area (Å²) in [6.45, 7) is 1.81. The van der Waals surface area contributed by atoms with E-state index in [4.69, 9.17) is 0 Å². The normalized spacial score (nSPS) is 10.1. The Morgan fingerprint density at radius 1 is 1.57 bits per heavy atom. The van der Waals surface area contributed by atoms with E-state index in [9.17, 15) is 4.79 Å². The zero-order chi connectivity index (χ0) is 9.97. The molecule has 2 heterocycles. The van der Waals surface area contributed by atoms with E-state index in [-0.39, 0.29) is 11.6 Å². The van der Waals surface area contributed by atoms with Crippen LogP contribution in [0.5, 0.6) is 0 Å². The first-order chi connectivity index (χ1) is 6.75. The van der Waals surface area contributed by atoms with Crippen molar-refractivity contribution >= 4 is 22.4 Å². The third kappa shape index (κ3) is 1.74. The van der Waals surface area contributed by atoms with Gasteiger partial charge in [-0.3, -0.25) is 10.1 Å². The number of aromatic nitrogens is 5. The summed E-state index contributed by atoms with van der Waals surface area (Å²) in [5.41, 5.74) is 0.220. The van der Waals surface area contributed by atoms with Crippen LogP contribution in [0.15, 0.2) is 6.20 Å². The Labute approximate surface area is 82.6 Å². The molecule has 0 aliphatic heterocycles. The predicted octanol–water partition coefficient (Wildman–Crippen LogP) is 0.217. The smallest absolute Gasteiger partial charge is 0.279 e. The van der Waals surface area contributed by atoms with Crippen molar-refractivity contribution in [2.75, 3.05) is 5.32 Å². The van der Waals surface area contributed by atoms with Crippen molar-refractivity contribution in [2.45, 2.75) is 6.92 Å². The topological polar surface area (TPSA) is 96.5 Å². The Balaban J connectivity index is 2.09. The van der Waals surface area contributed by atoms with E-state index >= 15 is 0 Å². The lowest BCUT2D eigenvalue weighted by Gasteiger charge is -1.94. The Kier molecular flexibility index (Phi) is 2.19. The van der Waals surface area contributed by atoms with E-state index in [1.165, 1.54) is 17.5 Å². The van der Waals surface area contributed by atoms with Crippen LogP contribution in [-0.2, 0) is 0 Å². The predicted molar refractivity (Wildman–Crippen MR) is 49.0 cm³/mol. The van der Waals surface area contributed by atoms with Gasteiger partial charge in [0, 0.05) is 0 Å². The molecule has 0 saturated heterocycles. The Bertz CT molecular complexity index is 435. The van der Waals surface area contributed by atoms with Crippen molar-refractivity contribution in [2.24, 2.45) is 0 Å². The molecule has 2 aromatic rings. The molecule has 2 aromatic heterocycles. The molecule has 0 saturated carbocycles. The number of aryl methyl sites for hydroxylation is 1. The molecule has 0 spiro atoms. The van der Waals surface area contributed by atoms with Crippen molar-refractivity contribution in [3.05, 3.63) is 16.9 Å². The molecule has 0 atom stereocenters. The number of carbonyl (C=O) groups excluding carboxylic acids is 1. The first kappa shape index (κ1) is 8.75. The fourth-order valence-corrected chi connectivity index (χ4v) is 1.41. The van der Waals surface area contributed by atoms with E-state index in [0.717, 1.165) is 5.01 Å². The maximum absolute atomic E-state index is 11.4. The average Bonchev–Trinajstić information content (AvgIpc) is 2.75. The summed E-state index contributed by atoms with van der Waals surface area (Å²) in [4.78, 5) is 11.4. The number of H-pyrrole nitrogens is 1. The summed E-state index contributed by atoms with van der Waals surface area (Å²) in [5, 5.41) is 20.8. The number of carbonyl (C=O) groups is 1. The maximum atomic E-state index is 11.4. The van der Waals surface area contributed by atoms with Crippen LogP contribution in [0.4, 0.5) is 5.13 Å². The third-order valence-corrected chi connectivity index (χ3v) is 2.15. The summed E-state index contributed by atoms with van der Waals surface area (Å²) in [7, 11) is 0. The van der Waals surface area contributed by atoms with Gasteiger partial charge in [-0.15, -0.1) is 10.2 Å². The second-order valence-corrected chi connectivity index (χ2v) is 3.62. The lowest BCUT2D eigenvalue weighted by molar-refractivity contribution is 0.102. The maximum Gasteiger partial charge on any atom is 0.279 e. The van der Waals surface area contributed by atoms with Crippen molar-refractivity contribution in [1.29, 1.82) is 0 Å². The Hall–Kier alpha value is -1.83. The molecule has 72 valence electrons. The van der Waals surface area contributed by atoms with E-state index in [0.29, 0.717) is 5.13 Å². The molecule has 0 unspecified atom stereocenters. The Morgan fingerprint density at radius 2 is 2.43 bits per heavy atom. The molecule has 0 aliphatic rings. The van der Waals surface area contributed by atoms with Gasteiger partial charge in [-0.1, -0.05) is 11.3 Å². The number of nitrogens with zero attached hydrogens (tertiary/aromatic N) is 4. The molecule has 0 fully saturated rings. The van der Waals surface area contributed by atoms with Crippen LogP contribution >= 0.6 is 11.3 Å². The van der Waals surface area contributed by atoms with E-state index < -0.39 is 0 Å². The SMILES string of the molecule is Cc1nnc(NC(=O)c2cn[nH]n2)s1. The lowest BCUT2D eigenvalue weighted by atomic mass is 10.4. The minimum Gasteiger partial charge on any atom is -0.295 e. The van der Waals surface area contributed by atoms with E-state index in [1.54, 1.807) is 0 Å². The summed E-state index contributed by atoms with van der Waals surface area (Å²) in [6, 6.07) is 0. The molecule has 0 aromatic carbocycles. The zero-order valence-electron chi connectivity index (χ0n) is 7.18. The van der Waals surface area contributed by atoms with E-state index in [1.807, 2.05) is 6.92 Å². The molecular formula is C6H6N6OS. The van der Waals surface area contributed by atoms with Crippen molar-refractivity contribution < 1.29 is 4.79 Å². The van der Waals surface area contributed by atoms with Gasteiger partial charge < -0.3 is 0 Å². The average molecular weight is 210 g/mol. The molecule has 2 rings (SSSR count). The zero-order valence-corrected chi connectivity index (χ0v) is 8.00. The first-order valence-corrected chi connectivity index (χ1v) is 4.54. The number of amides is 1. The highest BCUT2D eigenvalue weighted by Gasteiger charge is 2.10. The highest BCUT2D eigenvalue weighted by Crippen LogP contribution is 2.13. The summed E-state index contributed by atoms with van der Waals surface area (Å²) >= 11 is 1.30. The van der Waals surface area contributed by atoms with Crippen LogP contribution < -0.4 is 5.32 Å². The Morgan fingerprint density at radius 3 is 3.00 bits per heavy atom. The van der Waals surface area contributed by atoms with Crippen LogP contribution in [0.3, 0.4) is 0 Å². The van der Waals surface area contributed by atoms with Gasteiger partial charge in [-0.05, 0) is 6.92 Å². The molecule has 7 nitrogen and oxygen atoms in total. The van der Waals surface area contributed by atoms with Crippen molar-refractivity contribution in [3.8, 4) is 0 Å². The summed E-state index contributed by atoms with van der Waals surface area (Å²) < 4.78 is 0. The third-order valence-electron chi connectivity index (χ3n) is 1.39. The summed E-state index contributed by atoms with van der Waals surface area (Å²) in [6.07, 6.45) is 1.34. The number of aromatic amines is 1. The molecule has 0 aliphatic carbocycles. The van der Waals surface area contributed by atoms with Crippen LogP contribution in [0.25, 0.3) is 0 Å². The van der Waals surface area contributed by atoms with Gasteiger partial charge in [0.05, 0.1) is 6.20 Å². The first-order valence-electron chi connectivity index (χ1n) is 3.73. The summed E-state index contributed by atoms with van der Waals surface area (Å²) in [5.74, 6) is -0.352. The highest BCUT2D eigenvalue weighted by atomic mass is 32.1. The highest BCUT2D eigenvalue weighted by molar-refractivity contribution is 7.15. The van der Waals surface area contributed by atoms with Gasteiger partial charge in [-0.25, -0.2) is 0 Å². The van der Waals surface area contributed by atoms with Gasteiger partial charge in [0.1, 0.15) is 5.01 Å². The monoisotopic (exact) mass is 210 g/mol. The van der Waals surface area contributed by atoms with Crippen LogP contribution in [-0.4, -0.2) is 31.5 Å². The molecule has 14 heavy (non-hydrogen) atoms. The van der Waals surface area contributed by atoms with Gasteiger partial charge in [0.2, 0.25) is 5.13 Å². The second kappa shape index (κ2) is 3.50. The van der Waals surface area contributed by atoms with Gasteiger partial charge in [0.15, 0.2) is 5.69 Å². The lowest BCUT2D eigenvalue weighted by Crippen LogP contribution is -2.12. The van der Waals surface area contributed by atoms with Crippen molar-refractivity contribution in [1.82, 2.24) is 25.6 Å². The standard InChI is InChI=1S/C6H6N6OS/c1-3-9-11-6(14-3)8-5(13)4-2-7-12-10-4/h2H,1H3,(H,7,10,12)(H,8,11,13). The fourth-order valence-electron chi connectivity index (χ4n) is 0.819. The van der Waals surface area contributed by atoms with Crippen LogP contribution in [0.1, 0.15) is 15.5 Å². The van der Waals surface area contributed by atoms with Gasteiger partial charge in [0.25, 0.3) is 5.91 Å². The van der Waals surface area contributed by atoms with Crippen LogP contribution in [0.2, 0.25) is 0 Å². The molecule has 1 amide bonds. The molecule has 8 heteroatoms. The minimum absolute atomic E-state index is 0.220. The molecular weight excluding hydrogens is 204 g/mol.